The summed E-state index contributed by atoms with van der Waals surface area (Å²) in [6.07, 6.45) is 2.40. The van der Waals surface area contributed by atoms with Crippen LogP contribution in [0.5, 0.6) is 0 Å². The molecule has 0 saturated heterocycles. The Kier molecular flexibility index (Phi) is 2.82. The minimum absolute atomic E-state index is 0.0373. The Labute approximate surface area is 95.3 Å². The zero-order valence-corrected chi connectivity index (χ0v) is 9.73. The van der Waals surface area contributed by atoms with Gasteiger partial charge in [-0.25, -0.2) is 0 Å². The fourth-order valence-electron chi connectivity index (χ4n) is 2.01. The summed E-state index contributed by atoms with van der Waals surface area (Å²) in [7, 11) is 0. The summed E-state index contributed by atoms with van der Waals surface area (Å²) in [6, 6.07) is 6.23. The zero-order valence-electron chi connectivity index (χ0n) is 9.73. The maximum atomic E-state index is 12.2. The van der Waals surface area contributed by atoms with Crippen LogP contribution in [0.25, 0.3) is 0 Å². The summed E-state index contributed by atoms with van der Waals surface area (Å²) < 4.78 is 1.90. The predicted octanol–water partition coefficient (Wildman–Crippen LogP) is 2.37. The van der Waals surface area contributed by atoms with Crippen LogP contribution in [-0.2, 0) is 6.42 Å². The van der Waals surface area contributed by atoms with E-state index in [9.17, 15) is 4.79 Å². The largest absolute Gasteiger partial charge is 0.309 e. The van der Waals surface area contributed by atoms with E-state index in [0.717, 1.165) is 18.5 Å². The van der Waals surface area contributed by atoms with Crippen molar-refractivity contribution in [1.29, 1.82) is 5.26 Å². The molecule has 1 fully saturated rings. The molecule has 1 heterocycles. The molecular formula is C13H16N2O. The molecule has 0 amide bonds. The van der Waals surface area contributed by atoms with Crippen molar-refractivity contribution in [3.05, 3.63) is 33.7 Å². The molecule has 2 rings (SSSR count). The highest BCUT2D eigenvalue weighted by Crippen LogP contribution is 2.36. The van der Waals surface area contributed by atoms with E-state index < -0.39 is 0 Å². The van der Waals surface area contributed by atoms with Gasteiger partial charge >= 0.3 is 0 Å². The second kappa shape index (κ2) is 4.13. The first kappa shape index (κ1) is 10.9. The van der Waals surface area contributed by atoms with Crippen molar-refractivity contribution in [2.24, 2.45) is 0 Å². The van der Waals surface area contributed by atoms with E-state index in [2.05, 4.69) is 13.8 Å². The average molecular weight is 216 g/mol. The van der Waals surface area contributed by atoms with Crippen molar-refractivity contribution in [1.82, 2.24) is 4.57 Å². The summed E-state index contributed by atoms with van der Waals surface area (Å²) in [5.74, 6) is 0.351. The van der Waals surface area contributed by atoms with E-state index in [4.69, 9.17) is 5.26 Å². The van der Waals surface area contributed by atoms with Crippen LogP contribution in [0.4, 0.5) is 0 Å². The van der Waals surface area contributed by atoms with E-state index in [1.54, 1.807) is 6.07 Å². The number of aromatic nitrogens is 1. The molecule has 1 aromatic rings. The Morgan fingerprint density at radius 1 is 1.50 bits per heavy atom. The van der Waals surface area contributed by atoms with Crippen molar-refractivity contribution in [3.63, 3.8) is 0 Å². The van der Waals surface area contributed by atoms with Crippen LogP contribution in [0, 0.1) is 11.3 Å². The number of hydrogen-bond donors (Lipinski definition) is 0. The number of hydrogen-bond acceptors (Lipinski definition) is 2. The Morgan fingerprint density at radius 3 is 2.69 bits per heavy atom. The molecule has 0 aliphatic heterocycles. The monoisotopic (exact) mass is 216 g/mol. The van der Waals surface area contributed by atoms with Crippen molar-refractivity contribution < 1.29 is 0 Å². The number of nitrogens with zero attached hydrogens (tertiary/aromatic N) is 2. The summed E-state index contributed by atoms with van der Waals surface area (Å²) in [6.45, 7) is 4.19. The van der Waals surface area contributed by atoms with E-state index in [-0.39, 0.29) is 12.0 Å². The third-order valence-corrected chi connectivity index (χ3v) is 3.00. The lowest BCUT2D eigenvalue weighted by atomic mass is 10.1. The Bertz CT molecular complexity index is 490. The normalized spacial score (nSPS) is 15.1. The van der Waals surface area contributed by atoms with Gasteiger partial charge in [-0.05, 0) is 24.8 Å². The lowest BCUT2D eigenvalue weighted by molar-refractivity contribution is 0.621. The SMILES string of the molecule is CC(C)c1ccc(CC#N)c(=O)n1C1CC1. The third kappa shape index (κ3) is 1.88. The predicted molar refractivity (Wildman–Crippen MR) is 62.4 cm³/mol. The van der Waals surface area contributed by atoms with Crippen molar-refractivity contribution in [3.8, 4) is 6.07 Å². The molecule has 84 valence electrons. The van der Waals surface area contributed by atoms with Crippen LogP contribution in [0.2, 0.25) is 0 Å². The fourth-order valence-corrected chi connectivity index (χ4v) is 2.01. The van der Waals surface area contributed by atoms with E-state index in [0.29, 0.717) is 17.5 Å². The first-order valence-corrected chi connectivity index (χ1v) is 5.76. The standard InChI is InChI=1S/C13H16N2O/c1-9(2)12-6-3-10(7-8-14)13(16)15(12)11-4-5-11/h3,6,9,11H,4-5,7H2,1-2H3. The highest BCUT2D eigenvalue weighted by Gasteiger charge is 2.27. The van der Waals surface area contributed by atoms with Gasteiger partial charge in [0.1, 0.15) is 0 Å². The minimum atomic E-state index is 0.0373. The van der Waals surface area contributed by atoms with Gasteiger partial charge in [-0.3, -0.25) is 4.79 Å². The van der Waals surface area contributed by atoms with Crippen molar-refractivity contribution in [2.75, 3.05) is 0 Å². The lowest BCUT2D eigenvalue weighted by Gasteiger charge is -2.15. The Morgan fingerprint density at radius 2 is 2.19 bits per heavy atom. The van der Waals surface area contributed by atoms with Crippen LogP contribution >= 0.6 is 0 Å². The second-order valence-corrected chi connectivity index (χ2v) is 4.68. The van der Waals surface area contributed by atoms with Gasteiger partial charge in [0.05, 0.1) is 12.5 Å². The Balaban J connectivity index is 2.55. The van der Waals surface area contributed by atoms with Gasteiger partial charge in [-0.2, -0.15) is 5.26 Å². The molecule has 1 saturated carbocycles. The first-order valence-electron chi connectivity index (χ1n) is 5.76. The van der Waals surface area contributed by atoms with Crippen LogP contribution < -0.4 is 5.56 Å². The molecule has 0 radical (unpaired) electrons. The average Bonchev–Trinajstić information content (AvgIpc) is 3.04. The maximum absolute atomic E-state index is 12.2. The van der Waals surface area contributed by atoms with E-state index in [1.165, 1.54) is 0 Å². The molecule has 1 aromatic heterocycles. The highest BCUT2D eigenvalue weighted by molar-refractivity contribution is 5.22. The first-order chi connectivity index (χ1) is 7.65. The van der Waals surface area contributed by atoms with E-state index in [1.807, 2.05) is 16.7 Å². The summed E-state index contributed by atoms with van der Waals surface area (Å²) in [5, 5.41) is 8.67. The molecule has 0 atom stereocenters. The molecular weight excluding hydrogens is 200 g/mol. The molecule has 0 aromatic carbocycles. The van der Waals surface area contributed by atoms with Gasteiger partial charge in [-0.1, -0.05) is 19.9 Å². The second-order valence-electron chi connectivity index (χ2n) is 4.68. The highest BCUT2D eigenvalue weighted by atomic mass is 16.1. The van der Waals surface area contributed by atoms with Crippen molar-refractivity contribution >= 4 is 0 Å². The number of nitriles is 1. The summed E-state index contributed by atoms with van der Waals surface area (Å²) >= 11 is 0. The summed E-state index contributed by atoms with van der Waals surface area (Å²) in [4.78, 5) is 12.2. The van der Waals surface area contributed by atoms with Gasteiger partial charge in [0.15, 0.2) is 0 Å². The molecule has 0 bridgehead atoms. The molecule has 16 heavy (non-hydrogen) atoms. The van der Waals surface area contributed by atoms with Crippen molar-refractivity contribution in [2.45, 2.75) is 45.1 Å². The topological polar surface area (TPSA) is 45.8 Å². The summed E-state index contributed by atoms with van der Waals surface area (Å²) in [5.41, 5.74) is 1.75. The van der Waals surface area contributed by atoms with Gasteiger partial charge in [0.25, 0.3) is 5.56 Å². The minimum Gasteiger partial charge on any atom is -0.309 e. The van der Waals surface area contributed by atoms with Gasteiger partial charge in [-0.15, -0.1) is 0 Å². The van der Waals surface area contributed by atoms with Crippen LogP contribution in [0.15, 0.2) is 16.9 Å². The molecule has 0 unspecified atom stereocenters. The molecule has 3 heteroatoms. The molecule has 1 aliphatic carbocycles. The smallest absolute Gasteiger partial charge is 0.255 e. The van der Waals surface area contributed by atoms with Crippen LogP contribution in [0.3, 0.4) is 0 Å². The number of rotatable bonds is 3. The molecule has 3 nitrogen and oxygen atoms in total. The molecule has 0 spiro atoms. The van der Waals surface area contributed by atoms with E-state index >= 15 is 0 Å². The molecule has 1 aliphatic rings. The number of pyridine rings is 1. The van der Waals surface area contributed by atoms with Gasteiger partial charge in [0, 0.05) is 17.3 Å². The van der Waals surface area contributed by atoms with Gasteiger partial charge in [0.2, 0.25) is 0 Å². The Hall–Kier alpha value is -1.56. The van der Waals surface area contributed by atoms with Crippen LogP contribution in [0.1, 0.15) is 49.9 Å². The lowest BCUT2D eigenvalue weighted by Crippen LogP contribution is -2.26. The zero-order chi connectivity index (χ0) is 11.7. The quantitative estimate of drug-likeness (QED) is 0.778. The maximum Gasteiger partial charge on any atom is 0.255 e. The third-order valence-electron chi connectivity index (χ3n) is 3.00. The van der Waals surface area contributed by atoms with Crippen LogP contribution in [-0.4, -0.2) is 4.57 Å². The molecule has 0 N–H and O–H groups in total. The fraction of sp³-hybridized carbons (Fsp3) is 0.538. The van der Waals surface area contributed by atoms with Gasteiger partial charge < -0.3 is 4.57 Å².